The Morgan fingerprint density at radius 2 is 1.90 bits per heavy atom. The highest BCUT2D eigenvalue weighted by Crippen LogP contribution is 2.28. The summed E-state index contributed by atoms with van der Waals surface area (Å²) in [5.74, 6) is 1.08. The number of fused-ring (bicyclic) bond motifs is 2. The molecule has 2 bridgehead atoms. The van der Waals surface area contributed by atoms with Gasteiger partial charge in [0.2, 0.25) is 0 Å². The van der Waals surface area contributed by atoms with Crippen molar-refractivity contribution in [2.24, 2.45) is 0 Å². The molecule has 0 aromatic heterocycles. The van der Waals surface area contributed by atoms with E-state index in [1.54, 1.807) is 0 Å². The van der Waals surface area contributed by atoms with E-state index in [4.69, 9.17) is 4.74 Å². The molecule has 1 aromatic carbocycles. The number of aryl methyl sites for hydroxylation is 2. The monoisotopic (exact) mass is 274 g/mol. The fourth-order valence-corrected chi connectivity index (χ4v) is 3.73. The van der Waals surface area contributed by atoms with E-state index in [1.807, 2.05) is 0 Å². The van der Waals surface area contributed by atoms with E-state index in [0.29, 0.717) is 0 Å². The minimum absolute atomic E-state index is 0.726. The van der Waals surface area contributed by atoms with Crippen LogP contribution in [0.2, 0.25) is 0 Å². The summed E-state index contributed by atoms with van der Waals surface area (Å²) in [7, 11) is 0. The van der Waals surface area contributed by atoms with Gasteiger partial charge in [-0.05, 0) is 50.8 Å². The van der Waals surface area contributed by atoms with E-state index in [-0.39, 0.29) is 0 Å². The minimum atomic E-state index is 0.726. The quantitative estimate of drug-likeness (QED) is 0.913. The summed E-state index contributed by atoms with van der Waals surface area (Å²) >= 11 is 0. The van der Waals surface area contributed by atoms with Crippen molar-refractivity contribution in [3.63, 3.8) is 0 Å². The predicted molar refractivity (Wildman–Crippen MR) is 82.4 cm³/mol. The lowest BCUT2D eigenvalue weighted by molar-refractivity contribution is 0.161. The van der Waals surface area contributed by atoms with E-state index in [0.717, 1.165) is 37.5 Å². The van der Waals surface area contributed by atoms with Crippen molar-refractivity contribution in [3.05, 3.63) is 29.3 Å². The summed E-state index contributed by atoms with van der Waals surface area (Å²) in [5, 5.41) is 3.55. The zero-order valence-corrected chi connectivity index (χ0v) is 12.7. The van der Waals surface area contributed by atoms with E-state index in [2.05, 4.69) is 42.3 Å². The molecular weight excluding hydrogens is 248 g/mol. The van der Waals surface area contributed by atoms with Gasteiger partial charge in [0.15, 0.2) is 0 Å². The van der Waals surface area contributed by atoms with Crippen molar-refractivity contribution in [2.75, 3.05) is 26.2 Å². The molecular formula is C17H26N2O. The molecule has 0 saturated carbocycles. The maximum Gasteiger partial charge on any atom is 0.125 e. The molecule has 20 heavy (non-hydrogen) atoms. The summed E-state index contributed by atoms with van der Waals surface area (Å²) < 4.78 is 6.07. The van der Waals surface area contributed by atoms with Gasteiger partial charge in [-0.2, -0.15) is 0 Å². The molecule has 0 radical (unpaired) electrons. The smallest absolute Gasteiger partial charge is 0.125 e. The number of rotatable bonds is 4. The molecule has 1 N–H and O–H groups in total. The number of ether oxygens (including phenoxy) is 1. The van der Waals surface area contributed by atoms with Crippen LogP contribution in [0.4, 0.5) is 0 Å². The highest BCUT2D eigenvalue weighted by molar-refractivity contribution is 5.39. The number of para-hydroxylation sites is 1. The number of hydrogen-bond donors (Lipinski definition) is 1. The normalized spacial score (nSPS) is 26.5. The molecule has 0 spiro atoms. The van der Waals surface area contributed by atoms with Crippen molar-refractivity contribution < 1.29 is 4.74 Å². The SMILES string of the molecule is Cc1cccc(C)c1OCCN1C2CCNCC1CC2. The lowest BCUT2D eigenvalue weighted by atomic mass is 10.1. The molecule has 2 saturated heterocycles. The highest BCUT2D eigenvalue weighted by atomic mass is 16.5. The standard InChI is InChI=1S/C17H26N2O/c1-13-4-3-5-14(2)17(13)20-11-10-19-15-6-7-16(19)12-18-9-8-15/h3-5,15-16,18H,6-12H2,1-2H3. The van der Waals surface area contributed by atoms with Crippen LogP contribution in [0.3, 0.4) is 0 Å². The number of hydrogen-bond acceptors (Lipinski definition) is 3. The van der Waals surface area contributed by atoms with Gasteiger partial charge in [0.25, 0.3) is 0 Å². The Kier molecular flexibility index (Phi) is 4.27. The molecule has 2 aliphatic heterocycles. The number of nitrogens with one attached hydrogen (secondary N) is 1. The summed E-state index contributed by atoms with van der Waals surface area (Å²) in [5.41, 5.74) is 2.48. The topological polar surface area (TPSA) is 24.5 Å². The van der Waals surface area contributed by atoms with Crippen LogP contribution < -0.4 is 10.1 Å². The van der Waals surface area contributed by atoms with Gasteiger partial charge >= 0.3 is 0 Å². The van der Waals surface area contributed by atoms with Gasteiger partial charge < -0.3 is 10.1 Å². The number of nitrogens with zero attached hydrogens (tertiary/aromatic N) is 1. The van der Waals surface area contributed by atoms with Gasteiger partial charge in [-0.1, -0.05) is 18.2 Å². The molecule has 3 heteroatoms. The Labute approximate surface area is 122 Å². The first-order chi connectivity index (χ1) is 9.75. The zero-order chi connectivity index (χ0) is 13.9. The van der Waals surface area contributed by atoms with Gasteiger partial charge in [-0.15, -0.1) is 0 Å². The van der Waals surface area contributed by atoms with Crippen LogP contribution in [0.1, 0.15) is 30.4 Å². The third-order valence-electron chi connectivity index (χ3n) is 4.81. The lowest BCUT2D eigenvalue weighted by Gasteiger charge is -2.27. The second-order valence-corrected chi connectivity index (χ2v) is 6.19. The predicted octanol–water partition coefficient (Wildman–Crippen LogP) is 2.51. The number of benzene rings is 1. The molecule has 3 nitrogen and oxygen atoms in total. The van der Waals surface area contributed by atoms with Crippen LogP contribution in [0.15, 0.2) is 18.2 Å². The van der Waals surface area contributed by atoms with Crippen LogP contribution in [-0.4, -0.2) is 43.2 Å². The molecule has 3 rings (SSSR count). The second kappa shape index (κ2) is 6.15. The van der Waals surface area contributed by atoms with Crippen LogP contribution in [-0.2, 0) is 0 Å². The minimum Gasteiger partial charge on any atom is -0.492 e. The van der Waals surface area contributed by atoms with Crippen molar-refractivity contribution in [1.82, 2.24) is 10.2 Å². The highest BCUT2D eigenvalue weighted by Gasteiger charge is 2.34. The Morgan fingerprint density at radius 1 is 1.15 bits per heavy atom. The Bertz CT molecular complexity index is 426. The molecule has 0 aliphatic carbocycles. The average Bonchev–Trinajstić information content (AvgIpc) is 2.66. The Hall–Kier alpha value is -1.06. The summed E-state index contributed by atoms with van der Waals surface area (Å²) in [4.78, 5) is 2.67. The van der Waals surface area contributed by atoms with Crippen molar-refractivity contribution in [2.45, 2.75) is 45.2 Å². The fraction of sp³-hybridized carbons (Fsp3) is 0.647. The van der Waals surface area contributed by atoms with Gasteiger partial charge in [0, 0.05) is 25.2 Å². The fourth-order valence-electron chi connectivity index (χ4n) is 3.73. The first-order valence-electron chi connectivity index (χ1n) is 7.91. The van der Waals surface area contributed by atoms with E-state index in [9.17, 15) is 0 Å². The molecule has 2 unspecified atom stereocenters. The zero-order valence-electron chi connectivity index (χ0n) is 12.7. The Morgan fingerprint density at radius 3 is 2.70 bits per heavy atom. The van der Waals surface area contributed by atoms with Gasteiger partial charge in [0.1, 0.15) is 12.4 Å². The van der Waals surface area contributed by atoms with Crippen molar-refractivity contribution in [3.8, 4) is 5.75 Å². The van der Waals surface area contributed by atoms with Gasteiger partial charge in [-0.3, -0.25) is 4.90 Å². The molecule has 2 atom stereocenters. The second-order valence-electron chi connectivity index (χ2n) is 6.19. The first-order valence-corrected chi connectivity index (χ1v) is 7.91. The van der Waals surface area contributed by atoms with Crippen LogP contribution in [0.25, 0.3) is 0 Å². The van der Waals surface area contributed by atoms with Crippen molar-refractivity contribution >= 4 is 0 Å². The maximum absolute atomic E-state index is 6.07. The first kappa shape index (κ1) is 13.9. The summed E-state index contributed by atoms with van der Waals surface area (Å²) in [6.07, 6.45) is 4.01. The Balaban J connectivity index is 1.57. The average molecular weight is 274 g/mol. The maximum atomic E-state index is 6.07. The van der Waals surface area contributed by atoms with Crippen molar-refractivity contribution in [1.29, 1.82) is 0 Å². The summed E-state index contributed by atoms with van der Waals surface area (Å²) in [6, 6.07) is 7.85. The van der Waals surface area contributed by atoms with E-state index < -0.39 is 0 Å². The largest absolute Gasteiger partial charge is 0.492 e. The van der Waals surface area contributed by atoms with E-state index in [1.165, 1.54) is 36.9 Å². The third kappa shape index (κ3) is 2.84. The molecule has 2 aliphatic rings. The van der Waals surface area contributed by atoms with Gasteiger partial charge in [0.05, 0.1) is 0 Å². The van der Waals surface area contributed by atoms with E-state index >= 15 is 0 Å². The van der Waals surface area contributed by atoms with Gasteiger partial charge in [-0.25, -0.2) is 0 Å². The third-order valence-corrected chi connectivity index (χ3v) is 4.81. The molecule has 110 valence electrons. The molecule has 2 fully saturated rings. The van der Waals surface area contributed by atoms with Crippen LogP contribution in [0, 0.1) is 13.8 Å². The molecule has 2 heterocycles. The molecule has 1 aromatic rings. The molecule has 0 amide bonds. The summed E-state index contributed by atoms with van der Waals surface area (Å²) in [6.45, 7) is 8.45. The van der Waals surface area contributed by atoms with Crippen LogP contribution >= 0.6 is 0 Å². The van der Waals surface area contributed by atoms with Crippen LogP contribution in [0.5, 0.6) is 5.75 Å². The lowest BCUT2D eigenvalue weighted by Crippen LogP contribution is -2.40.